The van der Waals surface area contributed by atoms with Gasteiger partial charge < -0.3 is 5.32 Å². The maximum Gasteiger partial charge on any atom is 0.155 e. The zero-order chi connectivity index (χ0) is 12.4. The van der Waals surface area contributed by atoms with Crippen molar-refractivity contribution in [1.82, 2.24) is 19.7 Å². The van der Waals surface area contributed by atoms with Crippen molar-refractivity contribution < 1.29 is 0 Å². The minimum Gasteiger partial charge on any atom is -0.366 e. The molecule has 92 valence electrons. The van der Waals surface area contributed by atoms with E-state index >= 15 is 0 Å². The lowest BCUT2D eigenvalue weighted by atomic mass is 10.2. The van der Waals surface area contributed by atoms with E-state index in [2.05, 4.69) is 41.2 Å². The predicted molar refractivity (Wildman–Crippen MR) is 69.1 cm³/mol. The van der Waals surface area contributed by atoms with Crippen molar-refractivity contribution in [3.63, 3.8) is 0 Å². The third-order valence-electron chi connectivity index (χ3n) is 2.99. The van der Waals surface area contributed by atoms with Crippen LogP contribution in [0, 0.1) is 6.92 Å². The summed E-state index contributed by atoms with van der Waals surface area (Å²) in [5, 5.41) is 7.89. The van der Waals surface area contributed by atoms with E-state index in [1.54, 1.807) is 6.33 Å². The summed E-state index contributed by atoms with van der Waals surface area (Å²) < 4.78 is 1.95. The molecule has 2 rings (SSSR count). The van der Waals surface area contributed by atoms with Gasteiger partial charge in [-0.2, -0.15) is 5.10 Å². The summed E-state index contributed by atoms with van der Waals surface area (Å²) in [6.07, 6.45) is 2.66. The molecular weight excluding hydrogens is 214 g/mol. The van der Waals surface area contributed by atoms with Crippen molar-refractivity contribution in [2.75, 3.05) is 5.32 Å². The van der Waals surface area contributed by atoms with Crippen LogP contribution in [0.3, 0.4) is 0 Å². The van der Waals surface area contributed by atoms with Crippen LogP contribution in [0.1, 0.15) is 32.9 Å². The number of hydrogen-bond acceptors (Lipinski definition) is 4. The van der Waals surface area contributed by atoms with Crippen LogP contribution < -0.4 is 5.32 Å². The first-order valence-corrected chi connectivity index (χ1v) is 6.12. The maximum absolute atomic E-state index is 4.48. The number of anilines is 1. The number of hydrogen-bond donors (Lipinski definition) is 1. The quantitative estimate of drug-likeness (QED) is 0.880. The zero-order valence-electron chi connectivity index (χ0n) is 10.9. The van der Waals surface area contributed by atoms with Gasteiger partial charge in [-0.05, 0) is 27.2 Å². The van der Waals surface area contributed by atoms with Crippen LogP contribution in [-0.2, 0) is 6.54 Å². The fraction of sp³-hybridized carbons (Fsp3) is 0.583. The standard InChI is InChI=1S/C12H19N5/c1-5-8(3)15-12-11-10(13-7-14-12)9(4)16-17(11)6-2/h7-8H,5-6H2,1-4H3,(H,13,14,15)/t8-/m0/s1. The Balaban J connectivity index is 2.55. The lowest BCUT2D eigenvalue weighted by Gasteiger charge is -2.13. The number of fused-ring (bicyclic) bond motifs is 1. The molecular formula is C12H19N5. The molecule has 2 aromatic rings. The second kappa shape index (κ2) is 4.69. The van der Waals surface area contributed by atoms with Gasteiger partial charge in [0.1, 0.15) is 17.4 Å². The zero-order valence-corrected chi connectivity index (χ0v) is 10.9. The van der Waals surface area contributed by atoms with Crippen LogP contribution in [0.4, 0.5) is 5.82 Å². The molecule has 0 unspecified atom stereocenters. The summed E-state index contributed by atoms with van der Waals surface area (Å²) in [5.74, 6) is 0.881. The molecule has 0 spiro atoms. The van der Waals surface area contributed by atoms with Crippen molar-refractivity contribution in [1.29, 1.82) is 0 Å². The highest BCUT2D eigenvalue weighted by molar-refractivity contribution is 5.87. The molecule has 1 atom stereocenters. The highest BCUT2D eigenvalue weighted by Gasteiger charge is 2.13. The van der Waals surface area contributed by atoms with E-state index in [1.807, 2.05) is 11.6 Å². The molecule has 2 heterocycles. The van der Waals surface area contributed by atoms with Crippen LogP contribution in [0.25, 0.3) is 11.0 Å². The van der Waals surface area contributed by atoms with Crippen molar-refractivity contribution in [2.45, 2.75) is 46.7 Å². The van der Waals surface area contributed by atoms with E-state index < -0.39 is 0 Å². The first kappa shape index (κ1) is 11.8. The Morgan fingerprint density at radius 1 is 1.35 bits per heavy atom. The third kappa shape index (κ3) is 2.09. The normalized spacial score (nSPS) is 12.9. The Kier molecular flexibility index (Phi) is 3.26. The summed E-state index contributed by atoms with van der Waals surface area (Å²) >= 11 is 0. The lowest BCUT2D eigenvalue weighted by Crippen LogP contribution is -2.15. The molecule has 5 heteroatoms. The largest absolute Gasteiger partial charge is 0.366 e. The minimum atomic E-state index is 0.397. The topological polar surface area (TPSA) is 55.6 Å². The van der Waals surface area contributed by atoms with E-state index in [-0.39, 0.29) is 0 Å². The molecule has 5 nitrogen and oxygen atoms in total. The predicted octanol–water partition coefficient (Wildman–Crippen LogP) is 2.37. The Morgan fingerprint density at radius 2 is 2.12 bits per heavy atom. The second-order valence-electron chi connectivity index (χ2n) is 4.27. The molecule has 0 aliphatic heterocycles. The van der Waals surface area contributed by atoms with Crippen LogP contribution >= 0.6 is 0 Å². The number of aryl methyl sites for hydroxylation is 2. The van der Waals surface area contributed by atoms with E-state index in [0.717, 1.165) is 35.5 Å². The molecule has 0 amide bonds. The van der Waals surface area contributed by atoms with Crippen LogP contribution in [-0.4, -0.2) is 25.8 Å². The smallest absolute Gasteiger partial charge is 0.155 e. The van der Waals surface area contributed by atoms with Crippen LogP contribution in [0.5, 0.6) is 0 Å². The van der Waals surface area contributed by atoms with Gasteiger partial charge in [-0.25, -0.2) is 9.97 Å². The fourth-order valence-electron chi connectivity index (χ4n) is 1.84. The maximum atomic E-state index is 4.48. The molecule has 0 fully saturated rings. The molecule has 1 N–H and O–H groups in total. The number of nitrogens with one attached hydrogen (secondary N) is 1. The Morgan fingerprint density at radius 3 is 2.76 bits per heavy atom. The first-order valence-electron chi connectivity index (χ1n) is 6.12. The van der Waals surface area contributed by atoms with Crippen molar-refractivity contribution in [2.24, 2.45) is 0 Å². The van der Waals surface area contributed by atoms with Gasteiger partial charge in [0.15, 0.2) is 5.82 Å². The lowest BCUT2D eigenvalue weighted by molar-refractivity contribution is 0.674. The van der Waals surface area contributed by atoms with Gasteiger partial charge in [0.25, 0.3) is 0 Å². The fourth-order valence-corrected chi connectivity index (χ4v) is 1.84. The number of nitrogens with zero attached hydrogens (tertiary/aromatic N) is 4. The SMILES string of the molecule is CC[C@H](C)Nc1ncnc2c(C)nn(CC)c12. The van der Waals surface area contributed by atoms with Crippen molar-refractivity contribution in [3.8, 4) is 0 Å². The van der Waals surface area contributed by atoms with Gasteiger partial charge >= 0.3 is 0 Å². The highest BCUT2D eigenvalue weighted by Crippen LogP contribution is 2.22. The molecule has 0 saturated heterocycles. The summed E-state index contributed by atoms with van der Waals surface area (Å²) in [6.45, 7) is 9.18. The van der Waals surface area contributed by atoms with Gasteiger partial charge in [0.2, 0.25) is 0 Å². The molecule has 2 aromatic heterocycles. The Bertz CT molecular complexity index is 517. The molecule has 0 saturated carbocycles. The Hall–Kier alpha value is -1.65. The first-order chi connectivity index (χ1) is 8.17. The van der Waals surface area contributed by atoms with Gasteiger partial charge in [-0.15, -0.1) is 0 Å². The van der Waals surface area contributed by atoms with Gasteiger partial charge in [0, 0.05) is 12.6 Å². The Labute approximate surface area is 101 Å². The number of rotatable bonds is 4. The molecule has 0 radical (unpaired) electrons. The average molecular weight is 233 g/mol. The minimum absolute atomic E-state index is 0.397. The van der Waals surface area contributed by atoms with Gasteiger partial charge in [0.05, 0.1) is 5.69 Å². The molecule has 0 bridgehead atoms. The van der Waals surface area contributed by atoms with Crippen LogP contribution in [0.15, 0.2) is 6.33 Å². The van der Waals surface area contributed by atoms with E-state index in [4.69, 9.17) is 0 Å². The summed E-state index contributed by atoms with van der Waals surface area (Å²) in [5.41, 5.74) is 2.90. The third-order valence-corrected chi connectivity index (χ3v) is 2.99. The van der Waals surface area contributed by atoms with E-state index in [9.17, 15) is 0 Å². The summed E-state index contributed by atoms with van der Waals surface area (Å²) in [6, 6.07) is 0.397. The van der Waals surface area contributed by atoms with Gasteiger partial charge in [-0.3, -0.25) is 4.68 Å². The second-order valence-corrected chi connectivity index (χ2v) is 4.27. The molecule has 0 aliphatic carbocycles. The van der Waals surface area contributed by atoms with Crippen LogP contribution in [0.2, 0.25) is 0 Å². The average Bonchev–Trinajstić information content (AvgIpc) is 2.67. The monoisotopic (exact) mass is 233 g/mol. The van der Waals surface area contributed by atoms with E-state index in [0.29, 0.717) is 6.04 Å². The highest BCUT2D eigenvalue weighted by atomic mass is 15.3. The molecule has 17 heavy (non-hydrogen) atoms. The number of aromatic nitrogens is 4. The molecule has 0 aromatic carbocycles. The molecule has 0 aliphatic rings. The summed E-state index contributed by atoms with van der Waals surface area (Å²) in [4.78, 5) is 8.64. The summed E-state index contributed by atoms with van der Waals surface area (Å²) in [7, 11) is 0. The van der Waals surface area contributed by atoms with Crippen molar-refractivity contribution >= 4 is 16.9 Å². The van der Waals surface area contributed by atoms with Gasteiger partial charge in [-0.1, -0.05) is 6.92 Å². The van der Waals surface area contributed by atoms with E-state index in [1.165, 1.54) is 0 Å². The van der Waals surface area contributed by atoms with Crippen molar-refractivity contribution in [3.05, 3.63) is 12.0 Å².